The summed E-state index contributed by atoms with van der Waals surface area (Å²) >= 11 is 0. The number of esters is 1. The predicted octanol–water partition coefficient (Wildman–Crippen LogP) is 4.50. The summed E-state index contributed by atoms with van der Waals surface area (Å²) in [6, 6.07) is 9.42. The van der Waals surface area contributed by atoms with Crippen LogP contribution in [0.2, 0.25) is 0 Å². The minimum absolute atomic E-state index is 0.0984. The molecule has 0 unspecified atom stereocenters. The van der Waals surface area contributed by atoms with Crippen LogP contribution >= 0.6 is 0 Å². The van der Waals surface area contributed by atoms with Crippen LogP contribution in [0.5, 0.6) is 23.0 Å². The Balaban J connectivity index is 1.80. The van der Waals surface area contributed by atoms with Gasteiger partial charge in [-0.3, -0.25) is 4.79 Å². The fraction of sp³-hybridized carbons (Fsp3) is 0.444. The lowest BCUT2D eigenvalue weighted by Crippen LogP contribution is -2.37. The number of carbonyl (C=O) groups excluding carboxylic acids is 1. The monoisotopic (exact) mass is 495 g/mol. The number of hydrogen-bond donors (Lipinski definition) is 0. The van der Waals surface area contributed by atoms with Crippen molar-refractivity contribution in [1.29, 1.82) is 0 Å². The first kappa shape index (κ1) is 25.3. The summed E-state index contributed by atoms with van der Waals surface area (Å²) in [5.41, 5.74) is 1.53. The Labute approximate surface area is 211 Å². The highest BCUT2D eigenvalue weighted by Crippen LogP contribution is 2.39. The van der Waals surface area contributed by atoms with Gasteiger partial charge in [0.25, 0.3) is 0 Å². The molecule has 36 heavy (non-hydrogen) atoms. The van der Waals surface area contributed by atoms with Crippen molar-refractivity contribution in [3.8, 4) is 34.4 Å². The Morgan fingerprint density at radius 3 is 2.22 bits per heavy atom. The van der Waals surface area contributed by atoms with E-state index in [2.05, 4.69) is 4.90 Å². The second-order valence-corrected chi connectivity index (χ2v) is 8.41. The molecule has 0 N–H and O–H groups in total. The third-order valence-electron chi connectivity index (χ3n) is 6.32. The summed E-state index contributed by atoms with van der Waals surface area (Å²) in [6.45, 7) is 6.01. The van der Waals surface area contributed by atoms with Gasteiger partial charge in [-0.25, -0.2) is 9.97 Å². The van der Waals surface area contributed by atoms with E-state index in [1.807, 2.05) is 44.2 Å². The minimum atomic E-state index is -0.126. The fourth-order valence-corrected chi connectivity index (χ4v) is 4.48. The Morgan fingerprint density at radius 2 is 1.58 bits per heavy atom. The zero-order chi connectivity index (χ0) is 25.7. The predicted molar refractivity (Wildman–Crippen MR) is 137 cm³/mol. The second-order valence-electron chi connectivity index (χ2n) is 8.41. The highest BCUT2D eigenvalue weighted by Gasteiger charge is 2.28. The van der Waals surface area contributed by atoms with Crippen LogP contribution in [0.15, 0.2) is 30.3 Å². The molecule has 0 spiro atoms. The van der Waals surface area contributed by atoms with E-state index in [4.69, 9.17) is 33.7 Å². The van der Waals surface area contributed by atoms with Gasteiger partial charge in [0.05, 0.1) is 46.0 Å². The van der Waals surface area contributed by atoms with Crippen molar-refractivity contribution in [3.63, 3.8) is 0 Å². The largest absolute Gasteiger partial charge is 0.493 e. The average molecular weight is 496 g/mol. The third-order valence-corrected chi connectivity index (χ3v) is 6.32. The van der Waals surface area contributed by atoms with Crippen molar-refractivity contribution < 1.29 is 28.5 Å². The van der Waals surface area contributed by atoms with Gasteiger partial charge in [0, 0.05) is 30.1 Å². The molecule has 0 radical (unpaired) electrons. The van der Waals surface area contributed by atoms with Gasteiger partial charge in [0.2, 0.25) is 0 Å². The Bertz CT molecular complexity index is 1220. The van der Waals surface area contributed by atoms with Crippen molar-refractivity contribution >= 4 is 22.7 Å². The summed E-state index contributed by atoms with van der Waals surface area (Å²) in [5, 5.41) is 0.856. The topological polar surface area (TPSA) is 92.2 Å². The first-order valence-electron chi connectivity index (χ1n) is 12.2. The number of benzene rings is 2. The number of fused-ring (bicyclic) bond motifs is 1. The van der Waals surface area contributed by atoms with Crippen molar-refractivity contribution in [3.05, 3.63) is 30.3 Å². The van der Waals surface area contributed by atoms with E-state index >= 15 is 0 Å². The van der Waals surface area contributed by atoms with Gasteiger partial charge in [-0.1, -0.05) is 0 Å². The molecule has 9 heteroatoms. The first-order valence-corrected chi connectivity index (χ1v) is 12.2. The van der Waals surface area contributed by atoms with Gasteiger partial charge in [-0.2, -0.15) is 0 Å². The van der Waals surface area contributed by atoms with E-state index in [9.17, 15) is 4.79 Å². The van der Waals surface area contributed by atoms with E-state index in [1.54, 1.807) is 21.3 Å². The van der Waals surface area contributed by atoms with Crippen LogP contribution in [0.4, 0.5) is 5.82 Å². The number of piperidine rings is 1. The molecule has 192 valence electrons. The number of nitrogens with zero attached hydrogens (tertiary/aromatic N) is 3. The van der Waals surface area contributed by atoms with Gasteiger partial charge < -0.3 is 28.6 Å². The maximum atomic E-state index is 12.3. The molecule has 3 aromatic rings. The van der Waals surface area contributed by atoms with Crippen molar-refractivity contribution in [2.75, 3.05) is 52.5 Å². The van der Waals surface area contributed by atoms with Crippen molar-refractivity contribution in [2.24, 2.45) is 5.92 Å². The van der Waals surface area contributed by atoms with Crippen LogP contribution in [0.1, 0.15) is 26.7 Å². The molecule has 2 aromatic carbocycles. The molecule has 4 rings (SSSR count). The number of ether oxygens (including phenoxy) is 5. The highest BCUT2D eigenvalue weighted by atomic mass is 16.5. The molecular weight excluding hydrogens is 462 g/mol. The molecule has 9 nitrogen and oxygen atoms in total. The zero-order valence-electron chi connectivity index (χ0n) is 21.5. The standard InChI is InChI=1S/C27H33N3O6/c1-6-35-24-16-20-19(15-23(24)34-5)26(30-12-10-17(11-13-30)27(31)36-7-2)29-25(28-20)18-8-9-21(32-3)22(14-18)33-4/h8-9,14-17H,6-7,10-13H2,1-5H3. The van der Waals surface area contributed by atoms with Crippen LogP contribution < -0.4 is 23.8 Å². The molecule has 0 bridgehead atoms. The van der Waals surface area contributed by atoms with Gasteiger partial charge in [0.1, 0.15) is 5.82 Å². The van der Waals surface area contributed by atoms with E-state index in [-0.39, 0.29) is 11.9 Å². The van der Waals surface area contributed by atoms with Gasteiger partial charge in [-0.05, 0) is 51.0 Å². The summed E-state index contributed by atoms with van der Waals surface area (Å²) in [4.78, 5) is 24.3. The van der Waals surface area contributed by atoms with Crippen LogP contribution in [-0.4, -0.2) is 63.6 Å². The van der Waals surface area contributed by atoms with Gasteiger partial charge >= 0.3 is 5.97 Å². The SMILES string of the molecule is CCOC(=O)C1CCN(c2nc(-c3ccc(OC)c(OC)c3)nc3cc(OCC)c(OC)cc23)CC1. The molecule has 0 atom stereocenters. The zero-order valence-corrected chi connectivity index (χ0v) is 21.5. The van der Waals surface area contributed by atoms with Crippen LogP contribution in [0.25, 0.3) is 22.3 Å². The molecule has 1 saturated heterocycles. The summed E-state index contributed by atoms with van der Waals surface area (Å²) < 4.78 is 27.5. The number of rotatable bonds is 9. The first-order chi connectivity index (χ1) is 17.5. The van der Waals surface area contributed by atoms with Gasteiger partial charge in [0.15, 0.2) is 28.8 Å². The van der Waals surface area contributed by atoms with Crippen LogP contribution in [-0.2, 0) is 9.53 Å². The molecule has 2 heterocycles. The van der Waals surface area contributed by atoms with Crippen LogP contribution in [0, 0.1) is 5.92 Å². The molecule has 0 saturated carbocycles. The van der Waals surface area contributed by atoms with Gasteiger partial charge in [-0.15, -0.1) is 0 Å². The maximum absolute atomic E-state index is 12.3. The minimum Gasteiger partial charge on any atom is -0.493 e. The molecule has 0 amide bonds. The summed E-state index contributed by atoms with van der Waals surface area (Å²) in [6.07, 6.45) is 1.40. The summed E-state index contributed by atoms with van der Waals surface area (Å²) in [5.74, 6) is 3.59. The van der Waals surface area contributed by atoms with E-state index < -0.39 is 0 Å². The molecule has 1 aromatic heterocycles. The Kier molecular flexibility index (Phi) is 7.97. The summed E-state index contributed by atoms with van der Waals surface area (Å²) in [7, 11) is 4.82. The van der Waals surface area contributed by atoms with Crippen LogP contribution in [0.3, 0.4) is 0 Å². The van der Waals surface area contributed by atoms with Crippen molar-refractivity contribution in [1.82, 2.24) is 9.97 Å². The van der Waals surface area contributed by atoms with E-state index in [1.165, 1.54) is 0 Å². The third kappa shape index (κ3) is 5.10. The lowest BCUT2D eigenvalue weighted by molar-refractivity contribution is -0.148. The Hall–Kier alpha value is -3.75. The highest BCUT2D eigenvalue weighted by molar-refractivity contribution is 5.94. The normalized spacial score (nSPS) is 14.0. The molecule has 1 aliphatic heterocycles. The number of carbonyl (C=O) groups is 1. The Morgan fingerprint density at radius 1 is 0.889 bits per heavy atom. The maximum Gasteiger partial charge on any atom is 0.309 e. The average Bonchev–Trinajstić information content (AvgIpc) is 2.92. The molecule has 1 aliphatic rings. The van der Waals surface area contributed by atoms with Crippen molar-refractivity contribution in [2.45, 2.75) is 26.7 Å². The molecule has 0 aliphatic carbocycles. The quantitative estimate of drug-likeness (QED) is 0.398. The second kappa shape index (κ2) is 11.3. The number of methoxy groups -OCH3 is 3. The molecular formula is C27H33N3O6. The lowest BCUT2D eigenvalue weighted by atomic mass is 9.96. The van der Waals surface area contributed by atoms with E-state index in [0.29, 0.717) is 68.0 Å². The number of aromatic nitrogens is 2. The number of hydrogen-bond acceptors (Lipinski definition) is 9. The fourth-order valence-electron chi connectivity index (χ4n) is 4.48. The number of anilines is 1. The smallest absolute Gasteiger partial charge is 0.309 e. The van der Waals surface area contributed by atoms with E-state index in [0.717, 1.165) is 22.3 Å². The lowest BCUT2D eigenvalue weighted by Gasteiger charge is -2.32. The molecule has 1 fully saturated rings.